The molecule has 0 spiro atoms. The molecule has 0 aliphatic heterocycles. The first-order chi connectivity index (χ1) is 12.9. The maximum atomic E-state index is 12.9. The second-order valence-corrected chi connectivity index (χ2v) is 13.6. The predicted molar refractivity (Wildman–Crippen MR) is 121 cm³/mol. The summed E-state index contributed by atoms with van der Waals surface area (Å²) in [6, 6.07) is 0. The average molecular weight is 522 g/mol. The lowest BCUT2D eigenvalue weighted by Gasteiger charge is -2.75. The van der Waals surface area contributed by atoms with Gasteiger partial charge < -0.3 is 20.1 Å². The highest BCUT2D eigenvalue weighted by molar-refractivity contribution is 14.1. The van der Waals surface area contributed by atoms with E-state index >= 15 is 0 Å². The van der Waals surface area contributed by atoms with Gasteiger partial charge in [0.2, 0.25) is 0 Å². The number of aliphatic hydroxyl groups is 3. The smallest absolute Gasteiger partial charge is 0.319 e. The summed E-state index contributed by atoms with van der Waals surface area (Å²) in [5.41, 5.74) is -5.43. The number of rotatable bonds is 6. The van der Waals surface area contributed by atoms with Gasteiger partial charge in [0.1, 0.15) is 9.53 Å². The Kier molecular flexibility index (Phi) is 5.36. The molecule has 0 aromatic rings. The van der Waals surface area contributed by atoms with Crippen molar-refractivity contribution in [3.05, 3.63) is 0 Å². The van der Waals surface area contributed by atoms with E-state index in [1.54, 1.807) is 0 Å². The lowest BCUT2D eigenvalue weighted by atomic mass is 9.32. The summed E-state index contributed by atoms with van der Waals surface area (Å²) in [5.74, 6) is -0.224. The summed E-state index contributed by atoms with van der Waals surface area (Å²) in [6.45, 7) is 13.0. The van der Waals surface area contributed by atoms with E-state index < -0.39 is 38.6 Å². The Balaban J connectivity index is 2.21. The van der Waals surface area contributed by atoms with Gasteiger partial charge in [-0.05, 0) is 86.5 Å². The molecule has 4 fully saturated rings. The monoisotopic (exact) mass is 522 g/mol. The van der Waals surface area contributed by atoms with Gasteiger partial charge in [0.25, 0.3) is 0 Å². The molecule has 4 rings (SSSR count). The zero-order valence-corrected chi connectivity index (χ0v) is 21.2. The molecule has 168 valence electrons. The van der Waals surface area contributed by atoms with Gasteiger partial charge in [-0.25, -0.2) is 0 Å². The van der Waals surface area contributed by atoms with Gasteiger partial charge in [0.05, 0.1) is 16.8 Å². The van der Waals surface area contributed by atoms with E-state index in [9.17, 15) is 20.1 Å². The molecule has 5 nitrogen and oxygen atoms in total. The van der Waals surface area contributed by atoms with Crippen LogP contribution >= 0.6 is 22.6 Å². The Morgan fingerprint density at radius 1 is 0.828 bits per heavy atom. The number of esters is 1. The van der Waals surface area contributed by atoms with Crippen molar-refractivity contribution in [2.75, 3.05) is 0 Å². The van der Waals surface area contributed by atoms with Gasteiger partial charge >= 0.3 is 5.97 Å². The van der Waals surface area contributed by atoms with Crippen LogP contribution in [0.5, 0.6) is 0 Å². The zero-order valence-electron chi connectivity index (χ0n) is 19.1. The van der Waals surface area contributed by atoms with Crippen molar-refractivity contribution in [3.8, 4) is 0 Å². The van der Waals surface area contributed by atoms with Crippen LogP contribution in [0.4, 0.5) is 0 Å². The molecule has 4 aliphatic carbocycles. The van der Waals surface area contributed by atoms with Crippen molar-refractivity contribution in [2.24, 2.45) is 16.2 Å². The maximum absolute atomic E-state index is 12.9. The lowest BCUT2D eigenvalue weighted by molar-refractivity contribution is -0.331. The Bertz CT molecular complexity index is 599. The van der Waals surface area contributed by atoms with E-state index in [4.69, 9.17) is 4.74 Å². The van der Waals surface area contributed by atoms with E-state index in [0.29, 0.717) is 44.9 Å². The van der Waals surface area contributed by atoms with E-state index in [-0.39, 0.29) is 9.89 Å². The zero-order chi connectivity index (χ0) is 22.3. The van der Waals surface area contributed by atoms with Crippen LogP contribution in [0, 0.1) is 16.2 Å². The Morgan fingerprint density at radius 2 is 1.14 bits per heavy atom. The average Bonchev–Trinajstić information content (AvgIpc) is 2.49. The number of hydrogen-bond donors (Lipinski definition) is 3. The summed E-state index contributed by atoms with van der Waals surface area (Å²) >= 11 is 2.13. The van der Waals surface area contributed by atoms with Crippen LogP contribution in [0.25, 0.3) is 0 Å². The fourth-order valence-electron chi connectivity index (χ4n) is 7.04. The molecule has 29 heavy (non-hydrogen) atoms. The second-order valence-electron chi connectivity index (χ2n) is 12.1. The Morgan fingerprint density at radius 3 is 1.38 bits per heavy atom. The molecular formula is C23H39IO5. The molecule has 0 aromatic carbocycles. The molecule has 0 aromatic heterocycles. The van der Waals surface area contributed by atoms with Gasteiger partial charge in [0, 0.05) is 16.2 Å². The quantitative estimate of drug-likeness (QED) is 0.278. The minimum atomic E-state index is -1.02. The topological polar surface area (TPSA) is 87.0 Å². The predicted octanol–water partition coefficient (Wildman–Crippen LogP) is 4.14. The second kappa shape index (κ2) is 6.55. The third-order valence-corrected chi connectivity index (χ3v) is 10.2. The summed E-state index contributed by atoms with van der Waals surface area (Å²) in [5, 5.41) is 34.0. The highest BCUT2D eigenvalue weighted by atomic mass is 127. The molecule has 0 heterocycles. The van der Waals surface area contributed by atoms with Crippen molar-refractivity contribution in [1.82, 2.24) is 0 Å². The van der Waals surface area contributed by atoms with Gasteiger partial charge in [-0.2, -0.15) is 0 Å². The third kappa shape index (κ3) is 3.48. The van der Waals surface area contributed by atoms with Crippen molar-refractivity contribution in [2.45, 2.75) is 120 Å². The molecule has 4 bridgehead atoms. The number of alkyl halides is 1. The minimum absolute atomic E-state index is 0.224. The SMILES string of the molecule is CCC(I)C(=O)OC12CC3(C(C)(C)O)CC(C(C)(C)O)(C1)CC(C(C)(C)O)(C2)C3. The van der Waals surface area contributed by atoms with Crippen LogP contribution in [0.15, 0.2) is 0 Å². The lowest BCUT2D eigenvalue weighted by Crippen LogP contribution is -2.75. The normalized spacial score (nSPS) is 40.8. The van der Waals surface area contributed by atoms with Crippen LogP contribution in [0.2, 0.25) is 0 Å². The maximum Gasteiger partial charge on any atom is 0.319 e. The molecular weight excluding hydrogens is 483 g/mol. The molecule has 4 saturated carbocycles. The highest BCUT2D eigenvalue weighted by Crippen LogP contribution is 2.77. The molecule has 0 saturated heterocycles. The summed E-state index contributed by atoms with van der Waals surface area (Å²) in [7, 11) is 0. The number of carbonyl (C=O) groups excluding carboxylic acids is 1. The molecule has 0 radical (unpaired) electrons. The first-order valence-corrected chi connectivity index (χ1v) is 12.1. The van der Waals surface area contributed by atoms with Crippen LogP contribution < -0.4 is 0 Å². The number of ether oxygens (including phenoxy) is 1. The fraction of sp³-hybridized carbons (Fsp3) is 0.957. The van der Waals surface area contributed by atoms with Crippen LogP contribution in [-0.4, -0.2) is 47.6 Å². The standard InChI is InChI=1S/C23H39IO5/c1-8-15(24)16(25)29-23-12-20(17(2,3)26)9-21(13-23,18(4,5)27)11-22(10-20,14-23)19(6,7)28/h15,26-28H,8-14H2,1-7H3. The van der Waals surface area contributed by atoms with Gasteiger partial charge in [-0.1, -0.05) is 29.5 Å². The van der Waals surface area contributed by atoms with Crippen LogP contribution in [-0.2, 0) is 9.53 Å². The molecule has 4 aliphatic rings. The third-order valence-electron chi connectivity index (χ3n) is 8.84. The fourth-order valence-corrected chi connectivity index (χ4v) is 7.17. The largest absolute Gasteiger partial charge is 0.458 e. The van der Waals surface area contributed by atoms with Crippen molar-refractivity contribution < 1.29 is 24.9 Å². The first-order valence-electron chi connectivity index (χ1n) is 10.9. The molecule has 3 N–H and O–H groups in total. The van der Waals surface area contributed by atoms with Crippen molar-refractivity contribution in [1.29, 1.82) is 0 Å². The summed E-state index contributed by atoms with van der Waals surface area (Å²) < 4.78 is 6.06. The van der Waals surface area contributed by atoms with Crippen molar-refractivity contribution in [3.63, 3.8) is 0 Å². The molecule has 0 amide bonds. The van der Waals surface area contributed by atoms with Gasteiger partial charge in [0.15, 0.2) is 0 Å². The Labute approximate surface area is 189 Å². The van der Waals surface area contributed by atoms with E-state index in [1.807, 2.05) is 48.5 Å². The van der Waals surface area contributed by atoms with E-state index in [1.165, 1.54) is 0 Å². The summed E-state index contributed by atoms with van der Waals surface area (Å²) in [6.07, 6.45) is 4.45. The van der Waals surface area contributed by atoms with Gasteiger partial charge in [-0.15, -0.1) is 0 Å². The molecule has 1 atom stereocenters. The minimum Gasteiger partial charge on any atom is -0.458 e. The number of halogens is 1. The Hall–Kier alpha value is 0.0800. The van der Waals surface area contributed by atoms with Gasteiger partial charge in [-0.3, -0.25) is 4.79 Å². The number of carbonyl (C=O) groups is 1. The first kappa shape index (κ1) is 23.7. The van der Waals surface area contributed by atoms with Crippen LogP contribution in [0.3, 0.4) is 0 Å². The van der Waals surface area contributed by atoms with Crippen LogP contribution in [0.1, 0.15) is 93.4 Å². The van der Waals surface area contributed by atoms with E-state index in [2.05, 4.69) is 22.6 Å². The molecule has 1 unspecified atom stereocenters. The highest BCUT2D eigenvalue weighted by Gasteiger charge is 2.76. The number of hydrogen-bond acceptors (Lipinski definition) is 5. The van der Waals surface area contributed by atoms with Crippen molar-refractivity contribution >= 4 is 28.6 Å². The molecule has 6 heteroatoms. The summed E-state index contributed by atoms with van der Waals surface area (Å²) in [4.78, 5) is 12.9. The van der Waals surface area contributed by atoms with E-state index in [0.717, 1.165) is 0 Å².